The van der Waals surface area contributed by atoms with Crippen LogP contribution in [0.25, 0.3) is 10.9 Å². The molecule has 3 rings (SSSR count). The number of methoxy groups -OCH3 is 1. The minimum absolute atomic E-state index is 0.0257. The number of ether oxygens (including phenoxy) is 1. The molecule has 8 heteroatoms. The van der Waals surface area contributed by atoms with E-state index >= 15 is 0 Å². The standard InChI is InChI=1S/C18H19N3O4S/c1-25-17-9-5-2-6-14(17)12-20-26(23,24)11-10-21-13-19-16-8-4-3-7-15(16)18(21)22/h2-9,13,20H,10-12H2,1H3. The molecule has 0 saturated heterocycles. The molecule has 3 aromatic rings. The summed E-state index contributed by atoms with van der Waals surface area (Å²) in [7, 11) is -2.03. The minimum atomic E-state index is -3.57. The molecule has 7 nitrogen and oxygen atoms in total. The fourth-order valence-corrected chi connectivity index (χ4v) is 3.55. The number of aryl methyl sites for hydroxylation is 1. The van der Waals surface area contributed by atoms with Gasteiger partial charge in [0, 0.05) is 18.7 Å². The summed E-state index contributed by atoms with van der Waals surface area (Å²) in [5.74, 6) is 0.396. The molecule has 0 bridgehead atoms. The molecule has 2 aromatic carbocycles. The molecule has 136 valence electrons. The van der Waals surface area contributed by atoms with E-state index in [1.165, 1.54) is 18.0 Å². The van der Waals surface area contributed by atoms with E-state index in [-0.39, 0.29) is 24.4 Å². The largest absolute Gasteiger partial charge is 0.496 e. The Kier molecular flexibility index (Phi) is 5.34. The quantitative estimate of drug-likeness (QED) is 0.678. The van der Waals surface area contributed by atoms with E-state index in [1.54, 1.807) is 36.4 Å². The van der Waals surface area contributed by atoms with Gasteiger partial charge in [-0.15, -0.1) is 0 Å². The lowest BCUT2D eigenvalue weighted by atomic mass is 10.2. The summed E-state index contributed by atoms with van der Waals surface area (Å²) in [6.45, 7) is 0.148. The zero-order valence-electron chi connectivity index (χ0n) is 14.3. The van der Waals surface area contributed by atoms with Gasteiger partial charge in [-0.2, -0.15) is 0 Å². The monoisotopic (exact) mass is 373 g/mol. The number of sulfonamides is 1. The van der Waals surface area contributed by atoms with Crippen molar-refractivity contribution in [2.75, 3.05) is 12.9 Å². The molecule has 0 amide bonds. The van der Waals surface area contributed by atoms with Gasteiger partial charge in [-0.3, -0.25) is 9.36 Å². The van der Waals surface area contributed by atoms with Gasteiger partial charge in [-0.1, -0.05) is 30.3 Å². The van der Waals surface area contributed by atoms with Crippen LogP contribution in [0.1, 0.15) is 5.56 Å². The third-order valence-corrected chi connectivity index (χ3v) is 5.31. The van der Waals surface area contributed by atoms with E-state index < -0.39 is 10.0 Å². The van der Waals surface area contributed by atoms with Crippen LogP contribution in [0.4, 0.5) is 0 Å². The summed E-state index contributed by atoms with van der Waals surface area (Å²) in [4.78, 5) is 16.6. The maximum Gasteiger partial charge on any atom is 0.261 e. The number of benzene rings is 2. The number of fused-ring (bicyclic) bond motifs is 1. The highest BCUT2D eigenvalue weighted by Crippen LogP contribution is 2.17. The zero-order valence-corrected chi connectivity index (χ0v) is 15.1. The Hall–Kier alpha value is -2.71. The second kappa shape index (κ2) is 7.67. The number of nitrogens with zero attached hydrogens (tertiary/aromatic N) is 2. The topological polar surface area (TPSA) is 90.3 Å². The zero-order chi connectivity index (χ0) is 18.6. The van der Waals surface area contributed by atoms with Crippen LogP contribution in [0.2, 0.25) is 0 Å². The number of rotatable bonds is 7. The van der Waals surface area contributed by atoms with Crippen molar-refractivity contribution in [3.63, 3.8) is 0 Å². The van der Waals surface area contributed by atoms with Gasteiger partial charge < -0.3 is 4.74 Å². The molecule has 0 spiro atoms. The van der Waals surface area contributed by atoms with E-state index in [9.17, 15) is 13.2 Å². The molecule has 0 aliphatic carbocycles. The summed E-state index contributed by atoms with van der Waals surface area (Å²) in [6, 6.07) is 14.2. The van der Waals surface area contributed by atoms with Crippen LogP contribution < -0.4 is 15.0 Å². The summed E-state index contributed by atoms with van der Waals surface area (Å²) in [6.07, 6.45) is 1.38. The lowest BCUT2D eigenvalue weighted by Gasteiger charge is -2.11. The summed E-state index contributed by atoms with van der Waals surface area (Å²) >= 11 is 0. The Bertz CT molecular complexity index is 1080. The van der Waals surface area contributed by atoms with Crippen LogP contribution in [0.15, 0.2) is 59.7 Å². The molecule has 1 N–H and O–H groups in total. The molecule has 1 heterocycles. The van der Waals surface area contributed by atoms with Gasteiger partial charge in [0.1, 0.15) is 5.75 Å². The van der Waals surface area contributed by atoms with Crippen LogP contribution >= 0.6 is 0 Å². The Morgan fingerprint density at radius 2 is 1.85 bits per heavy atom. The van der Waals surface area contributed by atoms with E-state index in [0.29, 0.717) is 16.7 Å². The van der Waals surface area contributed by atoms with Gasteiger partial charge in [0.15, 0.2) is 0 Å². The third-order valence-electron chi connectivity index (χ3n) is 4.01. The number of hydrogen-bond donors (Lipinski definition) is 1. The highest BCUT2D eigenvalue weighted by Gasteiger charge is 2.13. The Labute approximate surface area is 151 Å². The second-order valence-corrected chi connectivity index (χ2v) is 7.64. The van der Waals surface area contributed by atoms with Gasteiger partial charge >= 0.3 is 0 Å². The van der Waals surface area contributed by atoms with Gasteiger partial charge in [-0.25, -0.2) is 18.1 Å². The van der Waals surface area contributed by atoms with Gasteiger partial charge in [0.05, 0.1) is 30.1 Å². The van der Waals surface area contributed by atoms with Crippen molar-refractivity contribution in [1.82, 2.24) is 14.3 Å². The Balaban J connectivity index is 1.69. The number of nitrogens with one attached hydrogen (secondary N) is 1. The maximum atomic E-state index is 12.4. The highest BCUT2D eigenvalue weighted by molar-refractivity contribution is 7.89. The van der Waals surface area contributed by atoms with Crippen LogP contribution in [-0.4, -0.2) is 30.8 Å². The third kappa shape index (κ3) is 4.09. The first-order chi connectivity index (χ1) is 12.5. The minimum Gasteiger partial charge on any atom is -0.496 e. The van der Waals surface area contributed by atoms with Crippen molar-refractivity contribution >= 4 is 20.9 Å². The van der Waals surface area contributed by atoms with Crippen LogP contribution in [0.3, 0.4) is 0 Å². The summed E-state index contributed by atoms with van der Waals surface area (Å²) in [5.41, 5.74) is 1.07. The molecule has 0 atom stereocenters. The van der Waals surface area contributed by atoms with E-state index in [0.717, 1.165) is 5.56 Å². The van der Waals surface area contributed by atoms with Crippen molar-refractivity contribution in [3.05, 3.63) is 70.8 Å². The van der Waals surface area contributed by atoms with Gasteiger partial charge in [0.2, 0.25) is 10.0 Å². The first kappa shape index (κ1) is 18.1. The second-order valence-electron chi connectivity index (χ2n) is 5.71. The molecular weight excluding hydrogens is 354 g/mol. The average molecular weight is 373 g/mol. The fourth-order valence-electron chi connectivity index (χ4n) is 2.59. The molecule has 0 aliphatic heterocycles. The average Bonchev–Trinajstić information content (AvgIpc) is 2.66. The van der Waals surface area contributed by atoms with E-state index in [4.69, 9.17) is 4.74 Å². The Morgan fingerprint density at radius 3 is 2.65 bits per heavy atom. The lowest BCUT2D eigenvalue weighted by Crippen LogP contribution is -2.31. The smallest absolute Gasteiger partial charge is 0.261 e. The van der Waals surface area contributed by atoms with Gasteiger partial charge in [0.25, 0.3) is 5.56 Å². The summed E-state index contributed by atoms with van der Waals surface area (Å²) in [5, 5.41) is 0.467. The summed E-state index contributed by atoms with van der Waals surface area (Å²) < 4.78 is 33.6. The van der Waals surface area contributed by atoms with Crippen molar-refractivity contribution in [3.8, 4) is 5.75 Å². The maximum absolute atomic E-state index is 12.4. The number of aromatic nitrogens is 2. The van der Waals surface area contributed by atoms with Crippen LogP contribution in [0, 0.1) is 0 Å². The normalized spacial score (nSPS) is 11.6. The highest BCUT2D eigenvalue weighted by atomic mass is 32.2. The van der Waals surface area contributed by atoms with Crippen molar-refractivity contribution < 1.29 is 13.2 Å². The first-order valence-electron chi connectivity index (χ1n) is 8.03. The van der Waals surface area contributed by atoms with Crippen molar-refractivity contribution in [2.45, 2.75) is 13.1 Å². The van der Waals surface area contributed by atoms with Crippen LogP contribution in [0.5, 0.6) is 5.75 Å². The molecule has 26 heavy (non-hydrogen) atoms. The van der Waals surface area contributed by atoms with E-state index in [2.05, 4.69) is 9.71 Å². The Morgan fingerprint density at radius 1 is 1.12 bits per heavy atom. The molecule has 0 unspecified atom stereocenters. The van der Waals surface area contributed by atoms with E-state index in [1.807, 2.05) is 12.1 Å². The molecule has 0 saturated carbocycles. The first-order valence-corrected chi connectivity index (χ1v) is 9.69. The fraction of sp³-hybridized carbons (Fsp3) is 0.222. The predicted octanol–water partition coefficient (Wildman–Crippen LogP) is 1.52. The molecule has 0 radical (unpaired) electrons. The molecule has 0 fully saturated rings. The van der Waals surface area contributed by atoms with Crippen LogP contribution in [-0.2, 0) is 23.1 Å². The SMILES string of the molecule is COc1ccccc1CNS(=O)(=O)CCn1cnc2ccccc2c1=O. The lowest BCUT2D eigenvalue weighted by molar-refractivity contribution is 0.409. The molecule has 1 aromatic heterocycles. The molecule has 0 aliphatic rings. The van der Waals surface area contributed by atoms with Crippen molar-refractivity contribution in [1.29, 1.82) is 0 Å². The molecular formula is C18H19N3O4S. The van der Waals surface area contributed by atoms with Gasteiger partial charge in [-0.05, 0) is 18.2 Å². The van der Waals surface area contributed by atoms with Crippen molar-refractivity contribution in [2.24, 2.45) is 0 Å². The number of para-hydroxylation sites is 2. The predicted molar refractivity (Wildman–Crippen MR) is 99.6 cm³/mol. The number of hydrogen-bond acceptors (Lipinski definition) is 5.